The van der Waals surface area contributed by atoms with Crippen molar-refractivity contribution in [3.05, 3.63) is 171 Å². The van der Waals surface area contributed by atoms with Gasteiger partial charge in [-0.1, -0.05) is 135 Å². The molecular weight excluding hydrogens is 596 g/mol. The lowest BCUT2D eigenvalue weighted by Crippen LogP contribution is -2.24. The van der Waals surface area contributed by atoms with E-state index in [2.05, 4.69) is 123 Å². The van der Waals surface area contributed by atoms with Gasteiger partial charge in [0.05, 0.1) is 6.61 Å². The van der Waals surface area contributed by atoms with Crippen LogP contribution in [0.5, 0.6) is 5.75 Å². The second-order valence-corrected chi connectivity index (χ2v) is 12.4. The number of rotatable bonds is 13. The van der Waals surface area contributed by atoms with Gasteiger partial charge in [0, 0.05) is 25.4 Å². The zero-order valence-electron chi connectivity index (χ0n) is 27.7. The lowest BCUT2D eigenvalue weighted by Gasteiger charge is -2.24. The molecule has 0 amide bonds. The molecule has 1 N–H and O–H groups in total. The molecule has 1 aliphatic carbocycles. The summed E-state index contributed by atoms with van der Waals surface area (Å²) in [4.78, 5) is 11.3. The molecule has 0 fully saturated rings. The van der Waals surface area contributed by atoms with Gasteiger partial charge in [-0.3, -0.25) is 0 Å². The van der Waals surface area contributed by atoms with Crippen molar-refractivity contribution in [2.24, 2.45) is 0 Å². The predicted molar refractivity (Wildman–Crippen MR) is 192 cm³/mol. The molecule has 0 aliphatic heterocycles. The molecule has 48 heavy (non-hydrogen) atoms. The number of aliphatic carboxylic acids is 1. The van der Waals surface area contributed by atoms with Gasteiger partial charge in [0.25, 0.3) is 0 Å². The SMILES string of the molecule is COC(Cc1ccc(OCCOC2c3ccc(C(C)c4ccccc4)cc3C=Cc3ccc(C(C)c4ccccc4)cc32)cc1)C(=O)O. The lowest BCUT2D eigenvalue weighted by atomic mass is 9.87. The monoisotopic (exact) mass is 638 g/mol. The highest BCUT2D eigenvalue weighted by Crippen LogP contribution is 2.39. The molecule has 4 unspecified atom stereocenters. The molecule has 5 nitrogen and oxygen atoms in total. The van der Waals surface area contributed by atoms with E-state index in [4.69, 9.17) is 14.2 Å². The normalized spacial score (nSPS) is 15.4. The van der Waals surface area contributed by atoms with Crippen LogP contribution in [0.1, 0.15) is 81.9 Å². The molecule has 0 saturated heterocycles. The molecular formula is C43H42O5. The fourth-order valence-electron chi connectivity index (χ4n) is 6.41. The average Bonchev–Trinajstić information content (AvgIpc) is 3.28. The topological polar surface area (TPSA) is 65.0 Å². The fraction of sp³-hybridized carbons (Fsp3) is 0.233. The van der Waals surface area contributed by atoms with Crippen molar-refractivity contribution in [1.82, 2.24) is 0 Å². The smallest absolute Gasteiger partial charge is 0.333 e. The van der Waals surface area contributed by atoms with Crippen LogP contribution in [-0.2, 0) is 20.7 Å². The van der Waals surface area contributed by atoms with Crippen LogP contribution in [0.15, 0.2) is 121 Å². The van der Waals surface area contributed by atoms with Gasteiger partial charge < -0.3 is 19.3 Å². The number of hydrogen-bond acceptors (Lipinski definition) is 4. The summed E-state index contributed by atoms with van der Waals surface area (Å²) in [6, 6.07) is 42.2. The lowest BCUT2D eigenvalue weighted by molar-refractivity contribution is -0.148. The van der Waals surface area contributed by atoms with E-state index in [-0.39, 0.29) is 17.9 Å². The molecule has 6 rings (SSSR count). The number of ether oxygens (including phenoxy) is 3. The van der Waals surface area contributed by atoms with Crippen molar-refractivity contribution in [3.8, 4) is 5.75 Å². The van der Waals surface area contributed by atoms with Gasteiger partial charge in [-0.05, 0) is 62.2 Å². The van der Waals surface area contributed by atoms with Gasteiger partial charge in [-0.2, -0.15) is 0 Å². The molecule has 5 aromatic carbocycles. The van der Waals surface area contributed by atoms with Gasteiger partial charge >= 0.3 is 5.97 Å². The maximum atomic E-state index is 11.3. The third-order valence-electron chi connectivity index (χ3n) is 9.37. The number of carboxylic acid groups (broad SMARTS) is 1. The van der Waals surface area contributed by atoms with Crippen molar-refractivity contribution in [1.29, 1.82) is 0 Å². The Hall–Kier alpha value is -4.97. The summed E-state index contributed by atoms with van der Waals surface area (Å²) in [7, 11) is 1.41. The highest BCUT2D eigenvalue weighted by Gasteiger charge is 2.25. The molecule has 0 radical (unpaired) electrons. The Labute approximate surface area is 283 Å². The Morgan fingerprint density at radius 3 is 1.90 bits per heavy atom. The Bertz CT molecular complexity index is 1850. The molecule has 0 bridgehead atoms. The van der Waals surface area contributed by atoms with E-state index in [0.717, 1.165) is 27.8 Å². The molecule has 0 aromatic heterocycles. The average molecular weight is 639 g/mol. The minimum absolute atomic E-state index is 0.235. The first-order valence-electron chi connectivity index (χ1n) is 16.6. The summed E-state index contributed by atoms with van der Waals surface area (Å²) >= 11 is 0. The Morgan fingerprint density at radius 1 is 0.667 bits per heavy atom. The van der Waals surface area contributed by atoms with Gasteiger partial charge in [0.1, 0.15) is 18.5 Å². The largest absolute Gasteiger partial charge is 0.491 e. The van der Waals surface area contributed by atoms with Crippen LogP contribution in [0.25, 0.3) is 12.2 Å². The molecule has 1 aliphatic rings. The maximum absolute atomic E-state index is 11.3. The van der Waals surface area contributed by atoms with E-state index in [1.807, 2.05) is 24.3 Å². The van der Waals surface area contributed by atoms with Crippen LogP contribution in [0, 0.1) is 0 Å². The van der Waals surface area contributed by atoms with Crippen molar-refractivity contribution in [2.75, 3.05) is 20.3 Å². The minimum atomic E-state index is -0.976. The minimum Gasteiger partial charge on any atom is -0.491 e. The number of hydrogen-bond donors (Lipinski definition) is 1. The van der Waals surface area contributed by atoms with E-state index in [0.29, 0.717) is 25.4 Å². The quantitative estimate of drug-likeness (QED) is 0.130. The number of fused-ring (bicyclic) bond motifs is 2. The Morgan fingerprint density at radius 2 is 1.27 bits per heavy atom. The van der Waals surface area contributed by atoms with Crippen molar-refractivity contribution in [2.45, 2.75) is 44.3 Å². The third kappa shape index (κ3) is 7.60. The van der Waals surface area contributed by atoms with E-state index in [1.54, 1.807) is 0 Å². The Balaban J connectivity index is 1.24. The van der Waals surface area contributed by atoms with E-state index >= 15 is 0 Å². The molecule has 244 valence electrons. The first kappa shape index (κ1) is 33.0. The number of benzene rings is 5. The molecule has 4 atom stereocenters. The standard InChI is InChI=1S/C43H42O5/c1-29(32-10-6-4-7-11-32)35-20-23-39-37(27-35)19-17-34-16-18-36(30(2)33-12-8-5-9-13-33)28-40(34)42(39)48-25-24-47-38-21-14-31(15-22-38)26-41(46-3)43(44)45/h4-23,27-30,41-42H,24-26H2,1-3H3,(H,44,45). The summed E-state index contributed by atoms with van der Waals surface area (Å²) in [5, 5.41) is 9.29. The summed E-state index contributed by atoms with van der Waals surface area (Å²) < 4.78 is 17.9. The number of carbonyl (C=O) groups is 1. The van der Waals surface area contributed by atoms with Crippen molar-refractivity contribution >= 4 is 18.1 Å². The van der Waals surface area contributed by atoms with Crippen LogP contribution in [0.4, 0.5) is 0 Å². The van der Waals surface area contributed by atoms with Crippen LogP contribution in [0.2, 0.25) is 0 Å². The number of methoxy groups -OCH3 is 1. The second-order valence-electron chi connectivity index (χ2n) is 12.4. The summed E-state index contributed by atoms with van der Waals surface area (Å²) in [5.41, 5.74) is 10.5. The van der Waals surface area contributed by atoms with Gasteiger partial charge in [-0.15, -0.1) is 0 Å². The molecule has 0 saturated carbocycles. The summed E-state index contributed by atoms with van der Waals surface area (Å²) in [6.07, 6.45) is 3.57. The van der Waals surface area contributed by atoms with Gasteiger partial charge in [-0.25, -0.2) is 4.79 Å². The third-order valence-corrected chi connectivity index (χ3v) is 9.37. The second kappa shape index (κ2) is 15.3. The van der Waals surface area contributed by atoms with E-state index in [9.17, 15) is 9.90 Å². The molecule has 0 spiro atoms. The first-order chi connectivity index (χ1) is 23.4. The van der Waals surface area contributed by atoms with Crippen LogP contribution in [0.3, 0.4) is 0 Å². The molecule has 5 heteroatoms. The highest BCUT2D eigenvalue weighted by atomic mass is 16.5. The Kier molecular flexibility index (Phi) is 10.5. The van der Waals surface area contributed by atoms with Crippen LogP contribution in [-0.4, -0.2) is 37.5 Å². The number of carboxylic acids is 1. The first-order valence-corrected chi connectivity index (χ1v) is 16.6. The predicted octanol–water partition coefficient (Wildman–Crippen LogP) is 9.30. The maximum Gasteiger partial charge on any atom is 0.333 e. The van der Waals surface area contributed by atoms with Crippen LogP contribution < -0.4 is 4.74 Å². The van der Waals surface area contributed by atoms with Gasteiger partial charge in [0.15, 0.2) is 6.10 Å². The zero-order valence-corrected chi connectivity index (χ0v) is 27.7. The highest BCUT2D eigenvalue weighted by molar-refractivity contribution is 5.77. The van der Waals surface area contributed by atoms with E-state index < -0.39 is 12.1 Å². The van der Waals surface area contributed by atoms with Crippen LogP contribution >= 0.6 is 0 Å². The summed E-state index contributed by atoms with van der Waals surface area (Å²) in [6.45, 7) is 5.26. The summed E-state index contributed by atoms with van der Waals surface area (Å²) in [5.74, 6) is 0.223. The van der Waals surface area contributed by atoms with Crippen molar-refractivity contribution < 1.29 is 24.1 Å². The molecule has 0 heterocycles. The molecule has 5 aromatic rings. The fourth-order valence-corrected chi connectivity index (χ4v) is 6.41. The zero-order chi connectivity index (χ0) is 33.5. The van der Waals surface area contributed by atoms with E-state index in [1.165, 1.54) is 29.4 Å². The van der Waals surface area contributed by atoms with Gasteiger partial charge in [0.2, 0.25) is 0 Å². The van der Waals surface area contributed by atoms with Crippen molar-refractivity contribution in [3.63, 3.8) is 0 Å².